The van der Waals surface area contributed by atoms with Crippen LogP contribution in [0, 0.1) is 0 Å². The van der Waals surface area contributed by atoms with Crippen LogP contribution in [0.15, 0.2) is 38.6 Å². The van der Waals surface area contributed by atoms with Crippen LogP contribution in [0.5, 0.6) is 5.75 Å². The van der Waals surface area contributed by atoms with Crippen LogP contribution in [0.25, 0.3) is 0 Å². The average molecular weight is 405 g/mol. The summed E-state index contributed by atoms with van der Waals surface area (Å²) >= 11 is 8.18. The van der Waals surface area contributed by atoms with Crippen LogP contribution < -0.4 is 10.1 Å². The Labute approximate surface area is 132 Å². The lowest BCUT2D eigenvalue weighted by Gasteiger charge is -2.07. The molecule has 0 aliphatic heterocycles. The zero-order valence-corrected chi connectivity index (χ0v) is 14.1. The van der Waals surface area contributed by atoms with Crippen LogP contribution in [0.1, 0.15) is 15.2 Å². The van der Waals surface area contributed by atoms with Gasteiger partial charge in [0.2, 0.25) is 0 Å². The maximum Gasteiger partial charge on any atom is 0.262 e. The fourth-order valence-electron chi connectivity index (χ4n) is 1.54. The van der Waals surface area contributed by atoms with Crippen LogP contribution in [0.4, 0.5) is 0 Å². The van der Waals surface area contributed by atoms with E-state index in [9.17, 15) is 4.79 Å². The molecule has 100 valence electrons. The van der Waals surface area contributed by atoms with Crippen molar-refractivity contribution in [2.24, 2.45) is 0 Å². The number of thiophene rings is 1. The van der Waals surface area contributed by atoms with Gasteiger partial charge in [-0.3, -0.25) is 4.79 Å². The zero-order valence-electron chi connectivity index (χ0n) is 10.1. The molecule has 0 aliphatic carbocycles. The van der Waals surface area contributed by atoms with Gasteiger partial charge < -0.3 is 10.1 Å². The SMILES string of the molecule is COc1ccc(CNC(=O)c2sccc2Br)cc1Br. The van der Waals surface area contributed by atoms with Gasteiger partial charge in [0.15, 0.2) is 0 Å². The molecule has 19 heavy (non-hydrogen) atoms. The normalized spacial score (nSPS) is 10.3. The highest BCUT2D eigenvalue weighted by Gasteiger charge is 2.11. The van der Waals surface area contributed by atoms with Crippen LogP contribution in [-0.4, -0.2) is 13.0 Å². The Morgan fingerprint density at radius 1 is 1.32 bits per heavy atom. The van der Waals surface area contributed by atoms with Crippen molar-refractivity contribution >= 4 is 49.1 Å². The first-order valence-electron chi connectivity index (χ1n) is 5.45. The molecule has 1 heterocycles. The molecule has 0 atom stereocenters. The average Bonchev–Trinajstić information content (AvgIpc) is 2.82. The van der Waals surface area contributed by atoms with Gasteiger partial charge in [-0.1, -0.05) is 6.07 Å². The molecule has 1 aromatic heterocycles. The number of amides is 1. The maximum atomic E-state index is 11.9. The molecule has 1 N–H and O–H groups in total. The standard InChI is InChI=1S/C13H11Br2NO2S/c1-18-11-3-2-8(6-10(11)15)7-16-13(17)12-9(14)4-5-19-12/h2-6H,7H2,1H3,(H,16,17). The van der Waals surface area contributed by atoms with E-state index >= 15 is 0 Å². The number of benzene rings is 1. The van der Waals surface area contributed by atoms with E-state index < -0.39 is 0 Å². The van der Waals surface area contributed by atoms with Crippen LogP contribution in [-0.2, 0) is 6.54 Å². The molecular weight excluding hydrogens is 394 g/mol. The number of carbonyl (C=O) groups is 1. The molecule has 2 rings (SSSR count). The second kappa shape index (κ2) is 6.54. The van der Waals surface area contributed by atoms with E-state index in [1.165, 1.54) is 11.3 Å². The number of nitrogens with one attached hydrogen (secondary N) is 1. The molecule has 1 aromatic carbocycles. The fourth-order valence-corrected chi connectivity index (χ4v) is 3.59. The molecule has 0 aliphatic rings. The molecule has 0 saturated carbocycles. The Morgan fingerprint density at radius 2 is 2.11 bits per heavy atom. The van der Waals surface area contributed by atoms with E-state index in [2.05, 4.69) is 37.2 Å². The third kappa shape index (κ3) is 3.58. The Hall–Kier alpha value is -0.850. The summed E-state index contributed by atoms with van der Waals surface area (Å²) in [6, 6.07) is 7.59. The zero-order chi connectivity index (χ0) is 13.8. The van der Waals surface area contributed by atoms with Gasteiger partial charge in [0.05, 0.1) is 11.6 Å². The lowest BCUT2D eigenvalue weighted by Crippen LogP contribution is -2.22. The first kappa shape index (κ1) is 14.6. The summed E-state index contributed by atoms with van der Waals surface area (Å²) in [5.41, 5.74) is 1.01. The summed E-state index contributed by atoms with van der Waals surface area (Å²) in [5, 5.41) is 4.76. The Kier molecular flexibility index (Phi) is 5.01. The number of methoxy groups -OCH3 is 1. The summed E-state index contributed by atoms with van der Waals surface area (Å²) in [7, 11) is 1.62. The van der Waals surface area contributed by atoms with E-state index in [0.29, 0.717) is 11.4 Å². The Balaban J connectivity index is 2.01. The number of ether oxygens (including phenoxy) is 1. The summed E-state index contributed by atoms with van der Waals surface area (Å²) < 4.78 is 6.86. The number of hydrogen-bond donors (Lipinski definition) is 1. The molecule has 6 heteroatoms. The van der Waals surface area contributed by atoms with Gasteiger partial charge in [-0.25, -0.2) is 0 Å². The number of carbonyl (C=O) groups excluding carboxylic acids is 1. The first-order chi connectivity index (χ1) is 9.11. The molecule has 0 fully saturated rings. The minimum Gasteiger partial charge on any atom is -0.496 e. The van der Waals surface area contributed by atoms with Gasteiger partial charge in [0, 0.05) is 11.0 Å². The van der Waals surface area contributed by atoms with Gasteiger partial charge in [0.1, 0.15) is 10.6 Å². The monoisotopic (exact) mass is 403 g/mol. The third-order valence-corrected chi connectivity index (χ3v) is 4.95. The molecule has 0 unspecified atom stereocenters. The second-order valence-corrected chi connectivity index (χ2v) is 6.37. The minimum absolute atomic E-state index is 0.0752. The van der Waals surface area contributed by atoms with Crippen molar-refractivity contribution in [2.75, 3.05) is 7.11 Å². The fraction of sp³-hybridized carbons (Fsp3) is 0.154. The van der Waals surface area contributed by atoms with Crippen molar-refractivity contribution < 1.29 is 9.53 Å². The lowest BCUT2D eigenvalue weighted by molar-refractivity contribution is 0.0954. The van der Waals surface area contributed by atoms with Crippen molar-refractivity contribution in [3.63, 3.8) is 0 Å². The quantitative estimate of drug-likeness (QED) is 0.828. The highest BCUT2D eigenvalue weighted by atomic mass is 79.9. The lowest BCUT2D eigenvalue weighted by atomic mass is 10.2. The second-order valence-electron chi connectivity index (χ2n) is 3.75. The number of halogens is 2. The first-order valence-corrected chi connectivity index (χ1v) is 7.92. The van der Waals surface area contributed by atoms with E-state index in [1.807, 2.05) is 29.6 Å². The van der Waals surface area contributed by atoms with Crippen molar-refractivity contribution in [2.45, 2.75) is 6.54 Å². The number of hydrogen-bond acceptors (Lipinski definition) is 3. The summed E-state index contributed by atoms with van der Waals surface area (Å²) in [5.74, 6) is 0.699. The highest BCUT2D eigenvalue weighted by molar-refractivity contribution is 9.11. The molecule has 2 aromatic rings. The van der Waals surface area contributed by atoms with E-state index in [-0.39, 0.29) is 5.91 Å². The largest absolute Gasteiger partial charge is 0.496 e. The minimum atomic E-state index is -0.0752. The summed E-state index contributed by atoms with van der Waals surface area (Å²) in [6.45, 7) is 0.478. The predicted octanol–water partition coefficient (Wildman–Crippen LogP) is 4.21. The van der Waals surface area contributed by atoms with E-state index in [4.69, 9.17) is 4.74 Å². The molecular formula is C13H11Br2NO2S. The van der Waals surface area contributed by atoms with Crippen molar-refractivity contribution in [1.29, 1.82) is 0 Å². The maximum absolute atomic E-state index is 11.9. The van der Waals surface area contributed by atoms with Crippen LogP contribution in [0.3, 0.4) is 0 Å². The molecule has 3 nitrogen and oxygen atoms in total. The molecule has 0 bridgehead atoms. The Bertz CT molecular complexity index is 598. The molecule has 0 saturated heterocycles. The molecule has 0 spiro atoms. The Morgan fingerprint density at radius 3 is 2.68 bits per heavy atom. The van der Waals surface area contributed by atoms with Crippen LogP contribution in [0.2, 0.25) is 0 Å². The highest BCUT2D eigenvalue weighted by Crippen LogP contribution is 2.26. The van der Waals surface area contributed by atoms with E-state index in [0.717, 1.165) is 20.3 Å². The van der Waals surface area contributed by atoms with E-state index in [1.54, 1.807) is 7.11 Å². The smallest absolute Gasteiger partial charge is 0.262 e. The molecule has 0 radical (unpaired) electrons. The van der Waals surface area contributed by atoms with Gasteiger partial charge in [-0.15, -0.1) is 11.3 Å². The van der Waals surface area contributed by atoms with Crippen molar-refractivity contribution in [3.8, 4) is 5.75 Å². The topological polar surface area (TPSA) is 38.3 Å². The predicted molar refractivity (Wildman–Crippen MR) is 83.9 cm³/mol. The summed E-state index contributed by atoms with van der Waals surface area (Å²) in [6.07, 6.45) is 0. The van der Waals surface area contributed by atoms with Gasteiger partial charge >= 0.3 is 0 Å². The van der Waals surface area contributed by atoms with Gasteiger partial charge in [0.25, 0.3) is 5.91 Å². The van der Waals surface area contributed by atoms with Crippen LogP contribution >= 0.6 is 43.2 Å². The van der Waals surface area contributed by atoms with Crippen molar-refractivity contribution in [3.05, 3.63) is 49.0 Å². The summed E-state index contributed by atoms with van der Waals surface area (Å²) in [4.78, 5) is 12.6. The third-order valence-electron chi connectivity index (χ3n) is 2.49. The number of rotatable bonds is 4. The molecule has 1 amide bonds. The van der Waals surface area contributed by atoms with Gasteiger partial charge in [-0.2, -0.15) is 0 Å². The van der Waals surface area contributed by atoms with Gasteiger partial charge in [-0.05, 0) is 61.0 Å². The van der Waals surface area contributed by atoms with Crippen molar-refractivity contribution in [1.82, 2.24) is 5.32 Å².